The summed E-state index contributed by atoms with van der Waals surface area (Å²) in [4.78, 5) is 18.5. The Morgan fingerprint density at radius 1 is 1.22 bits per heavy atom. The second-order valence-electron chi connectivity index (χ2n) is 7.67. The van der Waals surface area contributed by atoms with Crippen molar-refractivity contribution in [1.29, 1.82) is 4.78 Å². The summed E-state index contributed by atoms with van der Waals surface area (Å²) in [7, 11) is -3.62. The van der Waals surface area contributed by atoms with E-state index in [1.807, 2.05) is 26.0 Å². The Bertz CT molecular complexity index is 1080. The summed E-state index contributed by atoms with van der Waals surface area (Å²) in [5.74, 6) is -2.70. The van der Waals surface area contributed by atoms with Crippen LogP contribution >= 0.6 is 0 Å². The van der Waals surface area contributed by atoms with Crippen molar-refractivity contribution in [3.63, 3.8) is 0 Å². The lowest BCUT2D eigenvalue weighted by Crippen LogP contribution is -2.44. The van der Waals surface area contributed by atoms with Crippen LogP contribution in [0.2, 0.25) is 0 Å². The van der Waals surface area contributed by atoms with E-state index >= 15 is 0 Å². The number of benzene rings is 1. The van der Waals surface area contributed by atoms with Crippen molar-refractivity contribution in [3.8, 4) is 11.3 Å². The van der Waals surface area contributed by atoms with Gasteiger partial charge in [-0.25, -0.2) is 4.21 Å². The molecular formula is C20H25F3N4O4S. The van der Waals surface area contributed by atoms with E-state index in [0.29, 0.717) is 11.3 Å². The van der Waals surface area contributed by atoms with Crippen molar-refractivity contribution >= 4 is 15.7 Å². The van der Waals surface area contributed by atoms with E-state index in [1.165, 1.54) is 0 Å². The number of nitrogens with one attached hydrogen (secondary N) is 1. The fourth-order valence-corrected chi connectivity index (χ4v) is 4.52. The van der Waals surface area contributed by atoms with E-state index in [0.717, 1.165) is 23.5 Å². The Labute approximate surface area is 183 Å². The maximum absolute atomic E-state index is 13.7. The van der Waals surface area contributed by atoms with E-state index in [4.69, 9.17) is 15.6 Å². The predicted molar refractivity (Wildman–Crippen MR) is 112 cm³/mol. The van der Waals surface area contributed by atoms with Crippen LogP contribution in [0, 0.1) is 18.6 Å². The molecule has 8 nitrogen and oxygen atoms in total. The number of nitrogens with two attached hydrogens (primary N) is 1. The molecule has 5 N–H and O–H groups in total. The first-order chi connectivity index (χ1) is 14.7. The Morgan fingerprint density at radius 2 is 1.88 bits per heavy atom. The number of carbonyl (C=O) groups is 1. The zero-order valence-electron chi connectivity index (χ0n) is 17.5. The molecule has 0 aliphatic carbocycles. The average molecular weight is 475 g/mol. The minimum Gasteiger partial charge on any atom is -0.480 e. The molecule has 0 amide bonds. The lowest BCUT2D eigenvalue weighted by molar-refractivity contribution is -0.269. The maximum Gasteiger partial charge on any atom is 0.423 e. The number of aromatic nitrogens is 2. The number of rotatable bonds is 9. The smallest absolute Gasteiger partial charge is 0.423 e. The molecule has 0 saturated carbocycles. The molecular weight excluding hydrogens is 449 g/mol. The molecule has 12 heteroatoms. The molecule has 2 aromatic rings. The molecule has 3 atom stereocenters. The molecule has 32 heavy (non-hydrogen) atoms. The first kappa shape index (κ1) is 25.7. The van der Waals surface area contributed by atoms with Crippen LogP contribution in [0.15, 0.2) is 30.6 Å². The zero-order valence-corrected chi connectivity index (χ0v) is 18.3. The van der Waals surface area contributed by atoms with Crippen molar-refractivity contribution in [2.45, 2.75) is 44.5 Å². The molecule has 2 rings (SSSR count). The van der Waals surface area contributed by atoms with Gasteiger partial charge >= 0.3 is 12.1 Å². The number of aliphatic carboxylic acids is 1. The van der Waals surface area contributed by atoms with Gasteiger partial charge < -0.3 is 15.9 Å². The van der Waals surface area contributed by atoms with Gasteiger partial charge in [0.1, 0.15) is 6.04 Å². The number of hydrogen-bond donors (Lipinski definition) is 4. The third-order valence-electron chi connectivity index (χ3n) is 5.07. The molecule has 0 aliphatic heterocycles. The van der Waals surface area contributed by atoms with Gasteiger partial charge in [0.25, 0.3) is 0 Å². The summed E-state index contributed by atoms with van der Waals surface area (Å²) in [6, 6.07) is 4.09. The van der Waals surface area contributed by atoms with Crippen LogP contribution in [-0.2, 0) is 20.1 Å². The number of aliphatic hydroxyl groups is 1. The molecule has 0 fully saturated rings. The van der Waals surface area contributed by atoms with E-state index in [1.54, 1.807) is 6.07 Å². The molecule has 0 bridgehead atoms. The molecule has 1 heterocycles. The Balaban J connectivity index is 2.26. The largest absolute Gasteiger partial charge is 0.480 e. The van der Waals surface area contributed by atoms with Crippen LogP contribution in [-0.4, -0.2) is 54.1 Å². The molecule has 1 aromatic carbocycles. The zero-order chi connectivity index (χ0) is 24.3. The number of hydrogen-bond acceptors (Lipinski definition) is 7. The fourth-order valence-electron chi connectivity index (χ4n) is 3.05. The van der Waals surface area contributed by atoms with Gasteiger partial charge in [0.05, 0.1) is 23.8 Å². The molecule has 0 radical (unpaired) electrons. The lowest BCUT2D eigenvalue weighted by atomic mass is 9.95. The van der Waals surface area contributed by atoms with Gasteiger partial charge in [-0.2, -0.15) is 13.2 Å². The Morgan fingerprint density at radius 3 is 2.38 bits per heavy atom. The number of alkyl halides is 3. The third kappa shape index (κ3) is 6.02. The predicted octanol–water partition coefficient (Wildman–Crippen LogP) is 2.75. The highest BCUT2D eigenvalue weighted by atomic mass is 32.2. The summed E-state index contributed by atoms with van der Waals surface area (Å²) in [5.41, 5.74) is 3.89. The lowest BCUT2D eigenvalue weighted by Gasteiger charge is -2.30. The molecule has 1 aromatic heterocycles. The van der Waals surface area contributed by atoms with Gasteiger partial charge in [-0.05, 0) is 25.8 Å². The summed E-state index contributed by atoms with van der Waals surface area (Å²) >= 11 is 0. The standard InChI is InChI=1S/C20H25F3N4O4S/c1-12-3-4-14(13(2)9-12)16-10-27-17(11-26-16)19(30,20(21,22)23)6-8-32(25,31)7-5-15(24)18(28)29/h3-4,9-11,15,25,30H,5-8,24H2,1-2H3,(H,28,29)/t15-,19?,32?/m0/s1. The number of halogens is 3. The van der Waals surface area contributed by atoms with Gasteiger partial charge in [-0.1, -0.05) is 23.8 Å². The highest BCUT2D eigenvalue weighted by Crippen LogP contribution is 2.41. The third-order valence-corrected chi connectivity index (χ3v) is 6.83. The van der Waals surface area contributed by atoms with Gasteiger partial charge in [-0.15, -0.1) is 0 Å². The highest BCUT2D eigenvalue weighted by molar-refractivity contribution is 7.92. The number of aryl methyl sites for hydroxylation is 2. The molecule has 2 unspecified atom stereocenters. The Hall–Kier alpha value is -2.57. The van der Waals surface area contributed by atoms with Gasteiger partial charge in [0.2, 0.25) is 5.60 Å². The van der Waals surface area contributed by atoms with Crippen LogP contribution in [0.1, 0.15) is 29.7 Å². The van der Waals surface area contributed by atoms with Gasteiger partial charge in [0, 0.05) is 33.2 Å². The summed E-state index contributed by atoms with van der Waals surface area (Å²) in [5, 5.41) is 19.2. The minimum atomic E-state index is -5.17. The monoisotopic (exact) mass is 474 g/mol. The number of nitrogens with zero attached hydrogens (tertiary/aromatic N) is 2. The highest BCUT2D eigenvalue weighted by Gasteiger charge is 2.56. The summed E-state index contributed by atoms with van der Waals surface area (Å²) < 4.78 is 61.3. The average Bonchev–Trinajstić information content (AvgIpc) is 2.69. The fraction of sp³-hybridized carbons (Fsp3) is 0.450. The molecule has 0 aliphatic rings. The normalized spacial score (nSPS) is 16.7. The number of carboxylic acids is 1. The van der Waals surface area contributed by atoms with E-state index in [2.05, 4.69) is 9.97 Å². The van der Waals surface area contributed by atoms with Gasteiger partial charge in [0.15, 0.2) is 0 Å². The molecule has 0 saturated heterocycles. The van der Waals surface area contributed by atoms with Crippen molar-refractivity contribution in [2.75, 3.05) is 11.5 Å². The maximum atomic E-state index is 13.7. The first-order valence-corrected chi connectivity index (χ1v) is 11.5. The van der Waals surface area contributed by atoms with Crippen LogP contribution < -0.4 is 5.73 Å². The minimum absolute atomic E-state index is 0.322. The van der Waals surface area contributed by atoms with Crippen molar-refractivity contribution in [1.82, 2.24) is 9.97 Å². The Kier molecular flexibility index (Phi) is 7.63. The first-order valence-electron chi connectivity index (χ1n) is 9.58. The van der Waals surface area contributed by atoms with E-state index < -0.39 is 57.1 Å². The van der Waals surface area contributed by atoms with Crippen molar-refractivity contribution in [2.24, 2.45) is 5.73 Å². The van der Waals surface area contributed by atoms with Crippen LogP contribution in [0.3, 0.4) is 0 Å². The second kappa shape index (κ2) is 9.51. The van der Waals surface area contributed by atoms with E-state index in [-0.39, 0.29) is 6.42 Å². The topological polar surface area (TPSA) is 150 Å². The van der Waals surface area contributed by atoms with Gasteiger partial charge in [-0.3, -0.25) is 19.5 Å². The van der Waals surface area contributed by atoms with E-state index in [9.17, 15) is 27.3 Å². The quantitative estimate of drug-likeness (QED) is 0.436. The van der Waals surface area contributed by atoms with Crippen LogP contribution in [0.4, 0.5) is 13.2 Å². The second-order valence-corrected chi connectivity index (χ2v) is 10.1. The van der Waals surface area contributed by atoms with Crippen molar-refractivity contribution < 1.29 is 32.4 Å². The molecule has 0 spiro atoms. The molecule has 176 valence electrons. The van der Waals surface area contributed by atoms with Crippen molar-refractivity contribution in [3.05, 3.63) is 47.4 Å². The number of carboxylic acid groups (broad SMARTS) is 1. The summed E-state index contributed by atoms with van der Waals surface area (Å²) in [6.45, 7) is 3.72. The SMILES string of the molecule is Cc1ccc(-c2cnc(C(O)(CCS(=N)(=O)CC[C@H](N)C(=O)O)C(F)(F)F)cn2)c(C)c1. The van der Waals surface area contributed by atoms with Crippen LogP contribution in [0.25, 0.3) is 11.3 Å². The van der Waals surface area contributed by atoms with Crippen LogP contribution in [0.5, 0.6) is 0 Å². The summed E-state index contributed by atoms with van der Waals surface area (Å²) in [6.07, 6.45) is -4.68.